The van der Waals surface area contributed by atoms with Gasteiger partial charge in [0, 0.05) is 17.4 Å². The number of hydrogen-bond acceptors (Lipinski definition) is 3. The summed E-state index contributed by atoms with van der Waals surface area (Å²) in [7, 11) is 0. The smallest absolute Gasteiger partial charge is 0.319 e. The van der Waals surface area contributed by atoms with Crippen LogP contribution < -0.4 is 21.1 Å². The SMILES string of the molecule is CCC(CC)NC(=O)Nc1ccc(Oc2ccc(N)cc2)cc1C(C)C. The number of carbonyl (C=O) groups excluding carboxylic acids is 1. The zero-order valence-electron chi connectivity index (χ0n) is 16.0. The van der Waals surface area contributed by atoms with Crippen LogP contribution in [0.1, 0.15) is 52.0 Å². The Bertz CT molecular complexity index is 723. The van der Waals surface area contributed by atoms with Crippen LogP contribution in [0.5, 0.6) is 11.5 Å². The van der Waals surface area contributed by atoms with Gasteiger partial charge in [-0.15, -0.1) is 0 Å². The number of anilines is 2. The fraction of sp³-hybridized carbons (Fsp3) is 0.381. The molecular weight excluding hydrogens is 326 g/mol. The van der Waals surface area contributed by atoms with E-state index in [1.54, 1.807) is 12.1 Å². The first kappa shape index (κ1) is 19.6. The summed E-state index contributed by atoms with van der Waals surface area (Å²) < 4.78 is 5.90. The van der Waals surface area contributed by atoms with Crippen LogP contribution in [0.2, 0.25) is 0 Å². The van der Waals surface area contributed by atoms with E-state index in [4.69, 9.17) is 10.5 Å². The van der Waals surface area contributed by atoms with Crippen LogP contribution in [-0.4, -0.2) is 12.1 Å². The highest BCUT2D eigenvalue weighted by molar-refractivity contribution is 5.90. The summed E-state index contributed by atoms with van der Waals surface area (Å²) in [6, 6.07) is 13.0. The Balaban J connectivity index is 2.15. The van der Waals surface area contributed by atoms with Gasteiger partial charge in [0.2, 0.25) is 0 Å². The Hall–Kier alpha value is -2.69. The lowest BCUT2D eigenvalue weighted by Crippen LogP contribution is -2.37. The van der Waals surface area contributed by atoms with Gasteiger partial charge >= 0.3 is 6.03 Å². The Kier molecular flexibility index (Phi) is 6.89. The number of hydrogen-bond donors (Lipinski definition) is 3. The van der Waals surface area contributed by atoms with Gasteiger partial charge in [0.05, 0.1) is 0 Å². The number of urea groups is 1. The predicted molar refractivity (Wildman–Crippen MR) is 108 cm³/mol. The molecule has 2 amide bonds. The van der Waals surface area contributed by atoms with Crippen LogP contribution in [0, 0.1) is 0 Å². The van der Waals surface area contributed by atoms with Gasteiger partial charge in [0.1, 0.15) is 11.5 Å². The van der Waals surface area contributed by atoms with Crippen molar-refractivity contribution in [1.29, 1.82) is 0 Å². The highest BCUT2D eigenvalue weighted by Crippen LogP contribution is 2.31. The lowest BCUT2D eigenvalue weighted by molar-refractivity contribution is 0.247. The number of nitrogens with two attached hydrogens (primary N) is 1. The van der Waals surface area contributed by atoms with E-state index in [9.17, 15) is 4.79 Å². The second kappa shape index (κ2) is 9.13. The molecule has 2 aromatic carbocycles. The van der Waals surface area contributed by atoms with Crippen LogP contribution in [0.4, 0.5) is 16.2 Å². The summed E-state index contributed by atoms with van der Waals surface area (Å²) in [5.41, 5.74) is 8.23. The van der Waals surface area contributed by atoms with Crippen LogP contribution in [0.3, 0.4) is 0 Å². The molecule has 26 heavy (non-hydrogen) atoms. The zero-order chi connectivity index (χ0) is 19.1. The second-order valence-corrected chi connectivity index (χ2v) is 6.69. The molecule has 4 N–H and O–H groups in total. The van der Waals surface area contributed by atoms with Gasteiger partial charge in [-0.1, -0.05) is 27.7 Å². The third-order valence-corrected chi connectivity index (χ3v) is 4.33. The molecule has 0 saturated heterocycles. The molecule has 0 radical (unpaired) electrons. The van der Waals surface area contributed by atoms with Crippen molar-refractivity contribution in [2.45, 2.75) is 52.5 Å². The first-order valence-electron chi connectivity index (χ1n) is 9.17. The van der Waals surface area contributed by atoms with E-state index in [-0.39, 0.29) is 18.0 Å². The molecule has 0 fully saturated rings. The average Bonchev–Trinajstić information content (AvgIpc) is 2.62. The quantitative estimate of drug-likeness (QED) is 0.574. The third-order valence-electron chi connectivity index (χ3n) is 4.33. The van der Waals surface area contributed by atoms with Gasteiger partial charge < -0.3 is 21.1 Å². The molecule has 0 aliphatic rings. The molecule has 5 heteroatoms. The van der Waals surface area contributed by atoms with Gasteiger partial charge in [-0.2, -0.15) is 0 Å². The first-order valence-corrected chi connectivity index (χ1v) is 9.17. The van der Waals surface area contributed by atoms with E-state index in [1.165, 1.54) is 0 Å². The summed E-state index contributed by atoms with van der Waals surface area (Å²) in [6.45, 7) is 8.31. The number of benzene rings is 2. The number of nitrogen functional groups attached to an aromatic ring is 1. The predicted octanol–water partition coefficient (Wildman–Crippen LogP) is 5.49. The molecule has 2 aromatic rings. The van der Waals surface area contributed by atoms with E-state index in [2.05, 4.69) is 38.3 Å². The summed E-state index contributed by atoms with van der Waals surface area (Å²) in [5.74, 6) is 1.69. The second-order valence-electron chi connectivity index (χ2n) is 6.69. The highest BCUT2D eigenvalue weighted by atomic mass is 16.5. The maximum absolute atomic E-state index is 12.3. The number of ether oxygens (including phenoxy) is 1. The van der Waals surface area contributed by atoms with E-state index in [0.29, 0.717) is 5.69 Å². The highest BCUT2D eigenvalue weighted by Gasteiger charge is 2.13. The Morgan fingerprint density at radius 1 is 1.04 bits per heavy atom. The molecule has 0 aliphatic heterocycles. The summed E-state index contributed by atoms with van der Waals surface area (Å²) in [4.78, 5) is 12.3. The standard InChI is InChI=1S/C21H29N3O2/c1-5-16(6-2)23-21(25)24-20-12-11-18(13-19(20)14(3)4)26-17-9-7-15(22)8-10-17/h7-14,16H,5-6,22H2,1-4H3,(H2,23,24,25). The van der Waals surface area contributed by atoms with Gasteiger partial charge in [0.15, 0.2) is 0 Å². The van der Waals surface area contributed by atoms with Crippen molar-refractivity contribution in [3.63, 3.8) is 0 Å². The number of rotatable bonds is 7. The maximum Gasteiger partial charge on any atom is 0.319 e. The van der Waals surface area contributed by atoms with E-state index >= 15 is 0 Å². The minimum atomic E-state index is -0.173. The van der Waals surface area contributed by atoms with Gasteiger partial charge in [-0.25, -0.2) is 4.79 Å². The first-order chi connectivity index (χ1) is 12.4. The molecule has 0 atom stereocenters. The molecule has 5 nitrogen and oxygen atoms in total. The molecule has 0 bridgehead atoms. The van der Waals surface area contributed by atoms with Crippen molar-refractivity contribution in [3.8, 4) is 11.5 Å². The minimum absolute atomic E-state index is 0.173. The van der Waals surface area contributed by atoms with Crippen molar-refractivity contribution in [3.05, 3.63) is 48.0 Å². The molecule has 0 heterocycles. The Labute approximate surface area is 155 Å². The van der Waals surface area contributed by atoms with Crippen LogP contribution in [-0.2, 0) is 0 Å². The van der Waals surface area contributed by atoms with E-state index in [0.717, 1.165) is 35.6 Å². The topological polar surface area (TPSA) is 76.4 Å². The van der Waals surface area contributed by atoms with E-state index in [1.807, 2.05) is 30.3 Å². The summed E-state index contributed by atoms with van der Waals surface area (Å²) >= 11 is 0. The molecule has 0 saturated carbocycles. The Morgan fingerprint density at radius 3 is 2.23 bits per heavy atom. The van der Waals surface area contributed by atoms with E-state index < -0.39 is 0 Å². The van der Waals surface area contributed by atoms with Crippen LogP contribution >= 0.6 is 0 Å². The van der Waals surface area contributed by atoms with Crippen molar-refractivity contribution in [1.82, 2.24) is 5.32 Å². The molecule has 2 rings (SSSR count). The van der Waals surface area contributed by atoms with Gasteiger partial charge in [-0.3, -0.25) is 0 Å². The largest absolute Gasteiger partial charge is 0.457 e. The maximum atomic E-state index is 12.3. The number of nitrogens with one attached hydrogen (secondary N) is 2. The van der Waals surface area contributed by atoms with Crippen LogP contribution in [0.25, 0.3) is 0 Å². The molecule has 0 spiro atoms. The van der Waals surface area contributed by atoms with Gasteiger partial charge in [0.25, 0.3) is 0 Å². The zero-order valence-corrected chi connectivity index (χ0v) is 16.0. The summed E-state index contributed by atoms with van der Waals surface area (Å²) in [6.07, 6.45) is 1.82. The third kappa shape index (κ3) is 5.41. The van der Waals surface area contributed by atoms with Gasteiger partial charge in [-0.05, 0) is 66.8 Å². The minimum Gasteiger partial charge on any atom is -0.457 e. The Morgan fingerprint density at radius 2 is 1.65 bits per heavy atom. The van der Waals surface area contributed by atoms with Crippen molar-refractivity contribution in [2.24, 2.45) is 0 Å². The fourth-order valence-electron chi connectivity index (χ4n) is 2.70. The molecular formula is C21H29N3O2. The molecule has 0 aromatic heterocycles. The van der Waals surface area contributed by atoms with Crippen LogP contribution in [0.15, 0.2) is 42.5 Å². The number of carbonyl (C=O) groups is 1. The number of amides is 2. The lowest BCUT2D eigenvalue weighted by Gasteiger charge is -2.19. The molecule has 0 unspecified atom stereocenters. The van der Waals surface area contributed by atoms with Crippen molar-refractivity contribution >= 4 is 17.4 Å². The molecule has 140 valence electrons. The normalized spacial score (nSPS) is 10.8. The lowest BCUT2D eigenvalue weighted by atomic mass is 10.0. The monoisotopic (exact) mass is 355 g/mol. The average molecular weight is 355 g/mol. The fourth-order valence-corrected chi connectivity index (χ4v) is 2.70. The molecule has 0 aliphatic carbocycles. The van der Waals surface area contributed by atoms with Crippen molar-refractivity contribution < 1.29 is 9.53 Å². The van der Waals surface area contributed by atoms with Crippen molar-refractivity contribution in [2.75, 3.05) is 11.1 Å². The summed E-state index contributed by atoms with van der Waals surface area (Å²) in [5, 5.41) is 5.96.